The van der Waals surface area contributed by atoms with Gasteiger partial charge in [-0.05, 0) is 19.8 Å². The monoisotopic (exact) mass is 232 g/mol. The summed E-state index contributed by atoms with van der Waals surface area (Å²) in [5.74, 6) is -2.47. The lowest BCUT2D eigenvalue weighted by atomic mass is 9.73. The highest BCUT2D eigenvalue weighted by Gasteiger charge is 2.51. The quantitative estimate of drug-likeness (QED) is 0.528. The van der Waals surface area contributed by atoms with Gasteiger partial charge in [0.15, 0.2) is 5.41 Å². The molecule has 0 aromatic heterocycles. The number of aliphatic hydroxyl groups excluding tert-OH is 1. The van der Waals surface area contributed by atoms with Crippen LogP contribution in [0.3, 0.4) is 0 Å². The van der Waals surface area contributed by atoms with Crippen molar-refractivity contribution in [2.75, 3.05) is 6.61 Å². The second-order valence-corrected chi connectivity index (χ2v) is 4.20. The number of aliphatic carboxylic acids is 1. The van der Waals surface area contributed by atoms with Gasteiger partial charge in [-0.15, -0.1) is 0 Å². The van der Waals surface area contributed by atoms with E-state index in [1.807, 2.05) is 0 Å². The predicted octanol–water partition coefficient (Wildman–Crippen LogP) is 1.05. The normalized spacial score (nSPS) is 16.6. The van der Waals surface area contributed by atoms with E-state index in [-0.39, 0.29) is 13.0 Å². The van der Waals surface area contributed by atoms with Gasteiger partial charge in [0.05, 0.1) is 12.7 Å². The van der Waals surface area contributed by atoms with Crippen molar-refractivity contribution in [3.8, 4) is 0 Å². The first-order valence-electron chi connectivity index (χ1n) is 5.37. The number of carboxylic acids is 1. The molecule has 5 nitrogen and oxygen atoms in total. The van der Waals surface area contributed by atoms with Crippen molar-refractivity contribution < 1.29 is 24.5 Å². The highest BCUT2D eigenvalue weighted by atomic mass is 16.5. The lowest BCUT2D eigenvalue weighted by Crippen LogP contribution is -2.47. The van der Waals surface area contributed by atoms with E-state index in [2.05, 4.69) is 0 Å². The molecule has 2 unspecified atom stereocenters. The fourth-order valence-electron chi connectivity index (χ4n) is 1.70. The van der Waals surface area contributed by atoms with Gasteiger partial charge in [0.2, 0.25) is 0 Å². The van der Waals surface area contributed by atoms with E-state index in [0.717, 1.165) is 0 Å². The van der Waals surface area contributed by atoms with Crippen LogP contribution in [0, 0.1) is 11.3 Å². The summed E-state index contributed by atoms with van der Waals surface area (Å²) in [6.45, 7) is 6.47. The summed E-state index contributed by atoms with van der Waals surface area (Å²) in [5.41, 5.74) is -1.66. The molecule has 0 spiro atoms. The van der Waals surface area contributed by atoms with Crippen LogP contribution in [0.15, 0.2) is 0 Å². The molecule has 0 radical (unpaired) electrons. The third kappa shape index (κ3) is 2.95. The second kappa shape index (κ2) is 5.84. The van der Waals surface area contributed by atoms with E-state index < -0.39 is 29.4 Å². The molecule has 2 N–H and O–H groups in total. The number of rotatable bonds is 6. The molecule has 0 rings (SSSR count). The Kier molecular flexibility index (Phi) is 5.44. The van der Waals surface area contributed by atoms with Gasteiger partial charge in [-0.25, -0.2) is 0 Å². The van der Waals surface area contributed by atoms with Crippen molar-refractivity contribution in [1.82, 2.24) is 0 Å². The van der Waals surface area contributed by atoms with Crippen LogP contribution in [0.4, 0.5) is 0 Å². The topological polar surface area (TPSA) is 83.8 Å². The minimum atomic E-state index is -1.66. The number of aliphatic hydroxyl groups is 1. The van der Waals surface area contributed by atoms with E-state index in [1.165, 1.54) is 6.92 Å². The van der Waals surface area contributed by atoms with Crippen LogP contribution < -0.4 is 0 Å². The smallest absolute Gasteiger partial charge is 0.323 e. The maximum absolute atomic E-state index is 11.8. The number of ether oxygens (including phenoxy) is 1. The maximum Gasteiger partial charge on any atom is 0.323 e. The number of hydrogen-bond acceptors (Lipinski definition) is 4. The minimum absolute atomic E-state index is 0.125. The van der Waals surface area contributed by atoms with Crippen LogP contribution in [0.5, 0.6) is 0 Å². The molecule has 0 heterocycles. The zero-order valence-electron chi connectivity index (χ0n) is 10.2. The molecular weight excluding hydrogens is 212 g/mol. The highest BCUT2D eigenvalue weighted by Crippen LogP contribution is 2.35. The first-order chi connectivity index (χ1) is 7.28. The van der Waals surface area contributed by atoms with Crippen molar-refractivity contribution in [2.24, 2.45) is 11.3 Å². The third-order valence-electron chi connectivity index (χ3n) is 2.62. The van der Waals surface area contributed by atoms with Gasteiger partial charge in [0.25, 0.3) is 0 Å². The molecule has 0 aromatic carbocycles. The molecule has 2 atom stereocenters. The van der Waals surface area contributed by atoms with Gasteiger partial charge >= 0.3 is 11.9 Å². The molecule has 16 heavy (non-hydrogen) atoms. The van der Waals surface area contributed by atoms with Crippen molar-refractivity contribution in [3.63, 3.8) is 0 Å². The lowest BCUT2D eigenvalue weighted by molar-refractivity contribution is -0.175. The third-order valence-corrected chi connectivity index (χ3v) is 2.62. The maximum atomic E-state index is 11.8. The molecule has 5 heteroatoms. The summed E-state index contributed by atoms with van der Waals surface area (Å²) >= 11 is 0. The predicted molar refractivity (Wildman–Crippen MR) is 57.8 cm³/mol. The van der Waals surface area contributed by atoms with Gasteiger partial charge in [0, 0.05) is 6.42 Å². The Morgan fingerprint density at radius 1 is 1.31 bits per heavy atom. The van der Waals surface area contributed by atoms with E-state index in [1.54, 1.807) is 20.8 Å². The summed E-state index contributed by atoms with van der Waals surface area (Å²) in [6, 6.07) is 0. The number of hydrogen-bond donors (Lipinski definition) is 2. The van der Waals surface area contributed by atoms with Gasteiger partial charge in [0.1, 0.15) is 0 Å². The average molecular weight is 232 g/mol. The summed E-state index contributed by atoms with van der Waals surface area (Å²) in [5, 5.41) is 18.6. The molecular formula is C11H20O5. The van der Waals surface area contributed by atoms with Crippen LogP contribution in [0.1, 0.15) is 34.1 Å². The van der Waals surface area contributed by atoms with Gasteiger partial charge < -0.3 is 14.9 Å². The zero-order valence-corrected chi connectivity index (χ0v) is 10.2. The van der Waals surface area contributed by atoms with Crippen LogP contribution >= 0.6 is 0 Å². The molecule has 0 saturated carbocycles. The molecule has 0 bridgehead atoms. The van der Waals surface area contributed by atoms with Gasteiger partial charge in [-0.3, -0.25) is 9.59 Å². The van der Waals surface area contributed by atoms with E-state index in [0.29, 0.717) is 0 Å². The van der Waals surface area contributed by atoms with E-state index in [9.17, 15) is 19.8 Å². The number of carboxylic acid groups (broad SMARTS) is 1. The first-order valence-corrected chi connectivity index (χ1v) is 5.37. The Hall–Kier alpha value is -1.10. The molecule has 0 saturated heterocycles. The Labute approximate surface area is 95.4 Å². The Bertz CT molecular complexity index is 259. The summed E-state index contributed by atoms with van der Waals surface area (Å²) in [4.78, 5) is 23.1. The Morgan fingerprint density at radius 3 is 2.06 bits per heavy atom. The fraction of sp³-hybridized carbons (Fsp3) is 0.818. The summed E-state index contributed by atoms with van der Waals surface area (Å²) < 4.78 is 4.80. The highest BCUT2D eigenvalue weighted by molar-refractivity contribution is 5.99. The lowest BCUT2D eigenvalue weighted by Gasteiger charge is -2.31. The molecule has 0 amide bonds. The van der Waals surface area contributed by atoms with Crippen molar-refractivity contribution in [2.45, 2.75) is 40.2 Å². The molecule has 94 valence electrons. The standard InChI is InChI=1S/C11H20O5/c1-5-16-10(15)11(7(2)3,9(13)14)6-8(4)12/h7-8,12H,5-6H2,1-4H3,(H,13,14). The van der Waals surface area contributed by atoms with Crippen LogP contribution in [-0.2, 0) is 14.3 Å². The second-order valence-electron chi connectivity index (χ2n) is 4.20. The number of carbonyl (C=O) groups is 2. The fourth-order valence-corrected chi connectivity index (χ4v) is 1.70. The Morgan fingerprint density at radius 2 is 1.81 bits per heavy atom. The van der Waals surface area contributed by atoms with E-state index >= 15 is 0 Å². The Balaban J connectivity index is 5.25. The van der Waals surface area contributed by atoms with Gasteiger partial charge in [-0.2, -0.15) is 0 Å². The van der Waals surface area contributed by atoms with E-state index in [4.69, 9.17) is 4.74 Å². The van der Waals surface area contributed by atoms with Gasteiger partial charge in [-0.1, -0.05) is 13.8 Å². The van der Waals surface area contributed by atoms with Crippen molar-refractivity contribution >= 4 is 11.9 Å². The van der Waals surface area contributed by atoms with Crippen LogP contribution in [0.2, 0.25) is 0 Å². The molecule has 0 aliphatic carbocycles. The number of carbonyl (C=O) groups excluding carboxylic acids is 1. The van der Waals surface area contributed by atoms with Crippen LogP contribution in [-0.4, -0.2) is 34.9 Å². The largest absolute Gasteiger partial charge is 0.480 e. The molecule has 0 fully saturated rings. The van der Waals surface area contributed by atoms with Crippen molar-refractivity contribution in [3.05, 3.63) is 0 Å². The molecule has 0 aliphatic heterocycles. The number of esters is 1. The first kappa shape index (κ1) is 14.9. The zero-order chi connectivity index (χ0) is 12.9. The minimum Gasteiger partial charge on any atom is -0.480 e. The van der Waals surface area contributed by atoms with Crippen molar-refractivity contribution in [1.29, 1.82) is 0 Å². The molecule has 0 aromatic rings. The van der Waals surface area contributed by atoms with Crippen LogP contribution in [0.25, 0.3) is 0 Å². The SMILES string of the molecule is CCOC(=O)C(CC(C)O)(C(=O)O)C(C)C. The molecule has 0 aliphatic rings. The summed E-state index contributed by atoms with van der Waals surface area (Å²) in [7, 11) is 0. The average Bonchev–Trinajstić information content (AvgIpc) is 2.12. The summed E-state index contributed by atoms with van der Waals surface area (Å²) in [6.07, 6.45) is -1.01.